The highest BCUT2D eigenvalue weighted by molar-refractivity contribution is 7.23. The number of nitrogens with zero attached hydrogens (tertiary/aromatic N) is 4. The van der Waals surface area contributed by atoms with Gasteiger partial charge < -0.3 is 25.4 Å². The number of thiophene rings is 1. The Labute approximate surface area is 250 Å². The summed E-state index contributed by atoms with van der Waals surface area (Å²) in [7, 11) is 0. The van der Waals surface area contributed by atoms with Gasteiger partial charge in [-0.3, -0.25) is 0 Å². The number of piperazine rings is 1. The molecule has 7 rings (SSSR count). The highest BCUT2D eigenvalue weighted by atomic mass is 32.1. The van der Waals surface area contributed by atoms with Crippen LogP contribution in [0.25, 0.3) is 32.1 Å². The molecule has 230 valence electrons. The summed E-state index contributed by atoms with van der Waals surface area (Å²) in [6, 6.07) is 4.17. The highest BCUT2D eigenvalue weighted by Gasteiger charge is 2.40. The second-order valence-corrected chi connectivity index (χ2v) is 12.4. The van der Waals surface area contributed by atoms with Crippen molar-refractivity contribution in [3.8, 4) is 23.2 Å². The fourth-order valence-corrected chi connectivity index (χ4v) is 7.30. The molecule has 44 heavy (non-hydrogen) atoms. The molecule has 2 aromatic carbocycles. The van der Waals surface area contributed by atoms with Gasteiger partial charge in [0.15, 0.2) is 11.5 Å². The number of rotatable bonds is 5. The van der Waals surface area contributed by atoms with Crippen molar-refractivity contribution in [1.29, 1.82) is 5.26 Å². The average molecular weight is 635 g/mol. The third kappa shape index (κ3) is 4.76. The third-order valence-electron chi connectivity index (χ3n) is 8.43. The van der Waals surface area contributed by atoms with Crippen molar-refractivity contribution in [3.05, 3.63) is 41.0 Å². The predicted molar refractivity (Wildman–Crippen MR) is 151 cm³/mol. The SMILES string of the molecule is N#Cc1c(N)sc2c(F)ccc(-c3c(C(F)(F)F)cc4c(N5CC6CCC(C5)N6)nc(OCC5(F)CCOC5)nc4c3F)c12. The van der Waals surface area contributed by atoms with Crippen LogP contribution in [0, 0.1) is 23.0 Å². The summed E-state index contributed by atoms with van der Waals surface area (Å²) in [5.74, 6) is -2.17. The minimum absolute atomic E-state index is 0.0247. The zero-order valence-electron chi connectivity index (χ0n) is 22.9. The molecule has 3 fully saturated rings. The van der Waals surface area contributed by atoms with Crippen molar-refractivity contribution in [2.24, 2.45) is 0 Å². The fourth-order valence-electron chi connectivity index (χ4n) is 6.35. The number of hydrogen-bond donors (Lipinski definition) is 2. The van der Waals surface area contributed by atoms with E-state index in [0.29, 0.717) is 24.4 Å². The molecule has 15 heteroatoms. The maximum absolute atomic E-state index is 16.8. The summed E-state index contributed by atoms with van der Waals surface area (Å²) in [5.41, 5.74) is 0.671. The number of hydrogen-bond acceptors (Lipinski definition) is 9. The molecule has 0 saturated carbocycles. The molecule has 4 aromatic rings. The van der Waals surface area contributed by atoms with Crippen molar-refractivity contribution in [3.63, 3.8) is 0 Å². The summed E-state index contributed by atoms with van der Waals surface area (Å²) >= 11 is 0.682. The molecule has 3 unspecified atom stereocenters. The molecule has 8 nitrogen and oxygen atoms in total. The number of halogens is 6. The van der Waals surface area contributed by atoms with Gasteiger partial charge in [0.05, 0.1) is 22.4 Å². The molecule has 3 saturated heterocycles. The Morgan fingerprint density at radius 3 is 2.61 bits per heavy atom. The number of benzene rings is 2. The van der Waals surface area contributed by atoms with Crippen LogP contribution in [-0.2, 0) is 10.9 Å². The number of anilines is 2. The summed E-state index contributed by atoms with van der Waals surface area (Å²) in [4.78, 5) is 10.3. The molecule has 5 heterocycles. The number of nitrogens with two attached hydrogens (primary N) is 1. The van der Waals surface area contributed by atoms with Crippen LogP contribution in [0.2, 0.25) is 0 Å². The monoisotopic (exact) mass is 634 g/mol. The van der Waals surface area contributed by atoms with Crippen molar-refractivity contribution >= 4 is 43.1 Å². The lowest BCUT2D eigenvalue weighted by Gasteiger charge is -2.34. The summed E-state index contributed by atoms with van der Waals surface area (Å²) in [5, 5.41) is 12.6. The summed E-state index contributed by atoms with van der Waals surface area (Å²) in [6.45, 7) is 0.263. The van der Waals surface area contributed by atoms with Crippen molar-refractivity contribution in [2.75, 3.05) is 43.5 Å². The Kier molecular flexibility index (Phi) is 6.79. The molecule has 3 atom stereocenters. The van der Waals surface area contributed by atoms with Gasteiger partial charge in [0.1, 0.15) is 34.8 Å². The first-order valence-electron chi connectivity index (χ1n) is 13.9. The van der Waals surface area contributed by atoms with E-state index in [4.69, 9.17) is 15.2 Å². The van der Waals surface area contributed by atoms with Gasteiger partial charge in [0.2, 0.25) is 0 Å². The van der Waals surface area contributed by atoms with E-state index in [2.05, 4.69) is 15.3 Å². The number of alkyl halides is 4. The zero-order valence-corrected chi connectivity index (χ0v) is 23.7. The Morgan fingerprint density at radius 2 is 1.95 bits per heavy atom. The quantitative estimate of drug-likeness (QED) is 0.269. The number of ether oxygens (including phenoxy) is 2. The Balaban J connectivity index is 1.48. The van der Waals surface area contributed by atoms with E-state index in [1.807, 2.05) is 0 Å². The first-order chi connectivity index (χ1) is 21.0. The van der Waals surface area contributed by atoms with Crippen LogP contribution in [0.3, 0.4) is 0 Å². The number of fused-ring (bicyclic) bond motifs is 4. The minimum atomic E-state index is -5.07. The maximum Gasteiger partial charge on any atom is 0.417 e. The van der Waals surface area contributed by atoms with Crippen LogP contribution < -0.4 is 20.7 Å². The summed E-state index contributed by atoms with van der Waals surface area (Å²) in [6.07, 6.45) is -3.30. The van der Waals surface area contributed by atoms with Gasteiger partial charge in [-0.2, -0.15) is 28.4 Å². The third-order valence-corrected chi connectivity index (χ3v) is 9.45. The number of nitrogen functional groups attached to an aromatic ring is 1. The number of aromatic nitrogens is 2. The lowest BCUT2D eigenvalue weighted by Crippen LogP contribution is -2.51. The smallest absolute Gasteiger partial charge is 0.417 e. The van der Waals surface area contributed by atoms with Crippen molar-refractivity contribution < 1.29 is 35.8 Å². The first-order valence-corrected chi connectivity index (χ1v) is 14.7. The second kappa shape index (κ2) is 10.4. The van der Waals surface area contributed by atoms with E-state index in [9.17, 15) is 22.8 Å². The van der Waals surface area contributed by atoms with Gasteiger partial charge in [-0.1, -0.05) is 6.07 Å². The molecule has 0 amide bonds. The Morgan fingerprint density at radius 1 is 1.20 bits per heavy atom. The van der Waals surface area contributed by atoms with E-state index in [1.54, 1.807) is 11.0 Å². The molecule has 2 bridgehead atoms. The van der Waals surface area contributed by atoms with Crippen LogP contribution >= 0.6 is 11.3 Å². The highest BCUT2D eigenvalue weighted by Crippen LogP contribution is 2.48. The van der Waals surface area contributed by atoms with E-state index in [0.717, 1.165) is 31.0 Å². The van der Waals surface area contributed by atoms with Gasteiger partial charge in [0.25, 0.3) is 0 Å². The largest absolute Gasteiger partial charge is 0.460 e. The molecule has 0 spiro atoms. The van der Waals surface area contributed by atoms with E-state index in [1.165, 1.54) is 0 Å². The summed E-state index contributed by atoms with van der Waals surface area (Å²) < 4.78 is 101. The van der Waals surface area contributed by atoms with Crippen LogP contribution in [0.5, 0.6) is 6.01 Å². The molecule has 3 aliphatic heterocycles. The van der Waals surface area contributed by atoms with Crippen molar-refractivity contribution in [1.82, 2.24) is 15.3 Å². The molecule has 3 aliphatic rings. The van der Waals surface area contributed by atoms with E-state index in [-0.39, 0.29) is 69.1 Å². The standard InChI is InChI=1S/C29H24F6N6O2S/c30-19-4-3-15(20-17(8-36)25(37)44-24(19)20)21-18(29(33,34)35)7-16-23(22(21)31)39-27(43-12-28(32)5-6-42-11-28)40-26(16)41-9-13-1-2-14(10-41)38-13/h3-4,7,13-14,38H,1-2,5-6,9-12,37H2. The topological polar surface area (TPSA) is 109 Å². The van der Waals surface area contributed by atoms with Gasteiger partial charge in [-0.05, 0) is 30.5 Å². The molecular weight excluding hydrogens is 610 g/mol. The average Bonchev–Trinajstić information content (AvgIpc) is 3.67. The zero-order chi connectivity index (χ0) is 31.0. The van der Waals surface area contributed by atoms with Gasteiger partial charge >= 0.3 is 12.2 Å². The fraction of sp³-hybridized carbons (Fsp3) is 0.414. The lowest BCUT2D eigenvalue weighted by molar-refractivity contribution is -0.137. The molecule has 0 radical (unpaired) electrons. The second-order valence-electron chi connectivity index (χ2n) is 11.4. The van der Waals surface area contributed by atoms with Crippen molar-refractivity contribution in [2.45, 2.75) is 43.2 Å². The van der Waals surface area contributed by atoms with E-state index >= 15 is 8.78 Å². The predicted octanol–water partition coefficient (Wildman–Crippen LogP) is 5.71. The number of nitriles is 1. The Hall–Kier alpha value is -3.87. The molecule has 3 N–H and O–H groups in total. The van der Waals surface area contributed by atoms with E-state index < -0.39 is 52.7 Å². The molecule has 2 aromatic heterocycles. The van der Waals surface area contributed by atoms with Gasteiger partial charge in [0, 0.05) is 54.5 Å². The van der Waals surface area contributed by atoms with Gasteiger partial charge in [-0.15, -0.1) is 11.3 Å². The lowest BCUT2D eigenvalue weighted by atomic mass is 9.92. The maximum atomic E-state index is 16.8. The van der Waals surface area contributed by atoms with Crippen LogP contribution in [0.1, 0.15) is 30.4 Å². The van der Waals surface area contributed by atoms with Crippen LogP contribution in [0.15, 0.2) is 18.2 Å². The number of nitrogens with one attached hydrogen (secondary N) is 1. The molecule has 0 aliphatic carbocycles. The van der Waals surface area contributed by atoms with Crippen LogP contribution in [-0.4, -0.2) is 60.6 Å². The molecular formula is C29H24F6N6O2S. The minimum Gasteiger partial charge on any atom is -0.460 e. The first kappa shape index (κ1) is 28.9. The Bertz CT molecular complexity index is 1840. The normalized spacial score (nSPS) is 23.5. The van der Waals surface area contributed by atoms with Gasteiger partial charge in [-0.25, -0.2) is 13.2 Å². The van der Waals surface area contributed by atoms with Crippen LogP contribution in [0.4, 0.5) is 37.2 Å².